The maximum atomic E-state index is 12.4. The number of nitrogens with zero attached hydrogens (tertiary/aromatic N) is 2. The fraction of sp³-hybridized carbons (Fsp3) is 0.833. The van der Waals surface area contributed by atoms with Crippen molar-refractivity contribution in [1.82, 2.24) is 15.1 Å². The van der Waals surface area contributed by atoms with Crippen molar-refractivity contribution in [2.24, 2.45) is 0 Å². The van der Waals surface area contributed by atoms with Gasteiger partial charge in [0.2, 0.25) is 11.8 Å². The molecule has 6 heteroatoms. The number of carbonyl (C=O) groups is 2. The van der Waals surface area contributed by atoms with Crippen LogP contribution in [0.2, 0.25) is 0 Å². The highest BCUT2D eigenvalue weighted by atomic mass is 16.5. The molecule has 1 atom stereocenters. The summed E-state index contributed by atoms with van der Waals surface area (Å²) in [6, 6.07) is -0.260. The standard InChI is InChI=1S/C12H21N3O3/c1-13-9-11(16)15-4-2-3-10(15)12(17)14-5-7-18-8-6-14/h10,13H,2-9H2,1H3. The van der Waals surface area contributed by atoms with E-state index in [0.29, 0.717) is 39.4 Å². The van der Waals surface area contributed by atoms with Crippen LogP contribution < -0.4 is 5.32 Å². The summed E-state index contributed by atoms with van der Waals surface area (Å²) in [6.07, 6.45) is 1.70. The fourth-order valence-electron chi connectivity index (χ4n) is 2.57. The van der Waals surface area contributed by atoms with Gasteiger partial charge in [-0.05, 0) is 19.9 Å². The van der Waals surface area contributed by atoms with Crippen LogP contribution in [0.3, 0.4) is 0 Å². The summed E-state index contributed by atoms with van der Waals surface area (Å²) in [5.74, 6) is 0.0989. The lowest BCUT2D eigenvalue weighted by atomic mass is 10.2. The molecule has 6 nitrogen and oxygen atoms in total. The number of nitrogens with one attached hydrogen (secondary N) is 1. The Bertz CT molecular complexity index is 316. The zero-order chi connectivity index (χ0) is 13.0. The maximum Gasteiger partial charge on any atom is 0.245 e. The second-order valence-corrected chi connectivity index (χ2v) is 4.71. The summed E-state index contributed by atoms with van der Waals surface area (Å²) >= 11 is 0. The topological polar surface area (TPSA) is 61.9 Å². The molecular formula is C12H21N3O3. The van der Waals surface area contributed by atoms with E-state index in [1.54, 1.807) is 11.9 Å². The van der Waals surface area contributed by atoms with E-state index in [4.69, 9.17) is 4.74 Å². The molecule has 0 aromatic heterocycles. The number of amides is 2. The molecular weight excluding hydrogens is 234 g/mol. The van der Waals surface area contributed by atoms with Gasteiger partial charge in [-0.1, -0.05) is 0 Å². The summed E-state index contributed by atoms with van der Waals surface area (Å²) in [4.78, 5) is 27.8. The number of morpholine rings is 1. The van der Waals surface area contributed by atoms with Gasteiger partial charge >= 0.3 is 0 Å². The van der Waals surface area contributed by atoms with Gasteiger partial charge in [0.25, 0.3) is 0 Å². The molecule has 0 radical (unpaired) electrons. The van der Waals surface area contributed by atoms with Gasteiger partial charge in [0.1, 0.15) is 6.04 Å². The number of carbonyl (C=O) groups excluding carboxylic acids is 2. The van der Waals surface area contributed by atoms with Crippen molar-refractivity contribution in [3.8, 4) is 0 Å². The van der Waals surface area contributed by atoms with E-state index < -0.39 is 0 Å². The number of rotatable bonds is 3. The van der Waals surface area contributed by atoms with E-state index in [2.05, 4.69) is 5.32 Å². The first-order valence-corrected chi connectivity index (χ1v) is 6.54. The van der Waals surface area contributed by atoms with Gasteiger partial charge in [0, 0.05) is 19.6 Å². The largest absolute Gasteiger partial charge is 0.378 e. The van der Waals surface area contributed by atoms with Crippen molar-refractivity contribution in [1.29, 1.82) is 0 Å². The highest BCUT2D eigenvalue weighted by molar-refractivity contribution is 5.89. The number of hydrogen-bond acceptors (Lipinski definition) is 4. The quantitative estimate of drug-likeness (QED) is 0.707. The minimum absolute atomic E-state index is 0.0154. The molecule has 0 spiro atoms. The molecule has 2 rings (SSSR count). The first-order valence-electron chi connectivity index (χ1n) is 6.54. The molecule has 2 heterocycles. The molecule has 2 aliphatic heterocycles. The average molecular weight is 255 g/mol. The first kappa shape index (κ1) is 13.3. The Morgan fingerprint density at radius 1 is 1.28 bits per heavy atom. The van der Waals surface area contributed by atoms with Crippen LogP contribution in [0.5, 0.6) is 0 Å². The van der Waals surface area contributed by atoms with Crippen molar-refractivity contribution >= 4 is 11.8 Å². The van der Waals surface area contributed by atoms with Crippen molar-refractivity contribution in [2.45, 2.75) is 18.9 Å². The van der Waals surface area contributed by atoms with Crippen molar-refractivity contribution in [2.75, 3.05) is 46.4 Å². The Morgan fingerprint density at radius 2 is 2.00 bits per heavy atom. The molecule has 1 unspecified atom stereocenters. The van der Waals surface area contributed by atoms with E-state index in [0.717, 1.165) is 12.8 Å². The van der Waals surface area contributed by atoms with E-state index in [1.165, 1.54) is 0 Å². The summed E-state index contributed by atoms with van der Waals surface area (Å²) in [6.45, 7) is 3.48. The second kappa shape index (κ2) is 6.15. The van der Waals surface area contributed by atoms with Crippen LogP contribution in [-0.2, 0) is 14.3 Å². The Balaban J connectivity index is 1.97. The predicted octanol–water partition coefficient (Wildman–Crippen LogP) is -0.944. The lowest BCUT2D eigenvalue weighted by Crippen LogP contribution is -2.52. The Kier molecular flexibility index (Phi) is 4.54. The Hall–Kier alpha value is -1.14. The van der Waals surface area contributed by atoms with Crippen LogP contribution in [-0.4, -0.2) is 74.1 Å². The zero-order valence-electron chi connectivity index (χ0n) is 10.9. The number of hydrogen-bond donors (Lipinski definition) is 1. The van der Waals surface area contributed by atoms with Crippen molar-refractivity contribution in [3.05, 3.63) is 0 Å². The molecule has 2 saturated heterocycles. The minimum atomic E-state index is -0.260. The molecule has 2 aliphatic rings. The normalized spacial score (nSPS) is 24.4. The second-order valence-electron chi connectivity index (χ2n) is 4.71. The third-order valence-corrected chi connectivity index (χ3v) is 3.51. The SMILES string of the molecule is CNCC(=O)N1CCCC1C(=O)N1CCOCC1. The summed E-state index contributed by atoms with van der Waals surface area (Å²) in [5.41, 5.74) is 0. The zero-order valence-corrected chi connectivity index (χ0v) is 10.9. The lowest BCUT2D eigenvalue weighted by molar-refractivity contribution is -0.146. The van der Waals surface area contributed by atoms with E-state index in [1.807, 2.05) is 4.90 Å². The minimum Gasteiger partial charge on any atom is -0.378 e. The molecule has 18 heavy (non-hydrogen) atoms. The molecule has 0 bridgehead atoms. The lowest BCUT2D eigenvalue weighted by Gasteiger charge is -2.32. The summed E-state index contributed by atoms with van der Waals surface area (Å²) in [7, 11) is 1.74. The van der Waals surface area contributed by atoms with Crippen LogP contribution in [0.4, 0.5) is 0 Å². The predicted molar refractivity (Wildman–Crippen MR) is 66.1 cm³/mol. The van der Waals surface area contributed by atoms with Gasteiger partial charge in [-0.25, -0.2) is 0 Å². The maximum absolute atomic E-state index is 12.4. The third kappa shape index (κ3) is 2.81. The van der Waals surface area contributed by atoms with E-state index >= 15 is 0 Å². The Morgan fingerprint density at radius 3 is 2.67 bits per heavy atom. The van der Waals surface area contributed by atoms with Gasteiger partial charge in [0.15, 0.2) is 0 Å². The fourth-order valence-corrected chi connectivity index (χ4v) is 2.57. The molecule has 102 valence electrons. The van der Waals surface area contributed by atoms with Crippen LogP contribution in [0.25, 0.3) is 0 Å². The third-order valence-electron chi connectivity index (χ3n) is 3.51. The van der Waals surface area contributed by atoms with Gasteiger partial charge in [-0.3, -0.25) is 9.59 Å². The van der Waals surface area contributed by atoms with Crippen molar-refractivity contribution < 1.29 is 14.3 Å². The summed E-state index contributed by atoms with van der Waals surface area (Å²) < 4.78 is 5.24. The molecule has 0 aromatic carbocycles. The van der Waals surface area contributed by atoms with Crippen LogP contribution in [0.1, 0.15) is 12.8 Å². The molecule has 1 N–H and O–H groups in total. The smallest absolute Gasteiger partial charge is 0.245 e. The molecule has 2 amide bonds. The first-order chi connectivity index (χ1) is 8.74. The monoisotopic (exact) mass is 255 g/mol. The van der Waals surface area contributed by atoms with Crippen molar-refractivity contribution in [3.63, 3.8) is 0 Å². The summed E-state index contributed by atoms with van der Waals surface area (Å²) in [5, 5.41) is 2.85. The molecule has 0 aliphatic carbocycles. The van der Waals surface area contributed by atoms with Gasteiger partial charge in [-0.2, -0.15) is 0 Å². The van der Waals surface area contributed by atoms with E-state index in [9.17, 15) is 9.59 Å². The highest BCUT2D eigenvalue weighted by Crippen LogP contribution is 2.19. The highest BCUT2D eigenvalue weighted by Gasteiger charge is 2.36. The van der Waals surface area contributed by atoms with Crippen LogP contribution in [0, 0.1) is 0 Å². The molecule has 0 aromatic rings. The van der Waals surface area contributed by atoms with Crippen LogP contribution in [0.15, 0.2) is 0 Å². The number of likely N-dealkylation sites (tertiary alicyclic amines) is 1. The van der Waals surface area contributed by atoms with Gasteiger partial charge in [-0.15, -0.1) is 0 Å². The number of likely N-dealkylation sites (N-methyl/N-ethyl adjacent to an activating group) is 1. The van der Waals surface area contributed by atoms with E-state index in [-0.39, 0.29) is 17.9 Å². The number of ether oxygens (including phenoxy) is 1. The average Bonchev–Trinajstić information content (AvgIpc) is 2.88. The van der Waals surface area contributed by atoms with Gasteiger partial charge < -0.3 is 19.9 Å². The molecule has 2 fully saturated rings. The van der Waals surface area contributed by atoms with Crippen LogP contribution >= 0.6 is 0 Å². The molecule has 0 saturated carbocycles. The Labute approximate surface area is 107 Å². The van der Waals surface area contributed by atoms with Gasteiger partial charge in [0.05, 0.1) is 19.8 Å².